The van der Waals surface area contributed by atoms with Crippen LogP contribution >= 0.6 is 0 Å². The Morgan fingerprint density at radius 2 is 1.56 bits per heavy atom. The van der Waals surface area contributed by atoms with Gasteiger partial charge in [0.05, 0.1) is 26.5 Å². The first-order valence-corrected chi connectivity index (χ1v) is 11.5. The molecule has 0 aliphatic heterocycles. The monoisotopic (exact) mass is 486 g/mol. The van der Waals surface area contributed by atoms with E-state index in [1.165, 1.54) is 36.4 Å². The Bertz CT molecular complexity index is 1340. The summed E-state index contributed by atoms with van der Waals surface area (Å²) in [6.45, 7) is 3.47. The molecule has 0 bridgehead atoms. The number of rotatable bonds is 9. The lowest BCUT2D eigenvalue weighted by Gasteiger charge is -2.15. The second kappa shape index (κ2) is 9.85. The molecular formula is C22H22N4O7S. The maximum Gasteiger partial charge on any atom is 0.293 e. The molecule has 3 aromatic rings. The van der Waals surface area contributed by atoms with Gasteiger partial charge in [0.25, 0.3) is 21.4 Å². The zero-order valence-electron chi connectivity index (χ0n) is 18.3. The number of benzene rings is 3. The van der Waals surface area contributed by atoms with Gasteiger partial charge in [-0.2, -0.15) is 0 Å². The number of nitro benzene ring substituents is 2. The number of hydrogen-bond acceptors (Lipinski definition) is 8. The Balaban J connectivity index is 1.79. The third-order valence-corrected chi connectivity index (χ3v) is 6.44. The predicted octanol–water partition coefficient (Wildman–Crippen LogP) is 4.07. The van der Waals surface area contributed by atoms with Crippen molar-refractivity contribution in [2.24, 2.45) is 0 Å². The van der Waals surface area contributed by atoms with Crippen LogP contribution in [0, 0.1) is 34.1 Å². The summed E-state index contributed by atoms with van der Waals surface area (Å²) in [5.74, 6) is 0. The SMILES string of the molecule is Cc1ccc(NS(=O)(=O)c2ccc(NCC(O)c3ccc([N+](=O)[O-])cc3)c([N+](=O)[O-])c2)c(C)c1. The summed E-state index contributed by atoms with van der Waals surface area (Å²) in [5, 5.41) is 35.4. The van der Waals surface area contributed by atoms with Crippen LogP contribution in [-0.2, 0) is 10.0 Å². The van der Waals surface area contributed by atoms with Crippen molar-refractivity contribution < 1.29 is 23.4 Å². The fraction of sp³-hybridized carbons (Fsp3) is 0.182. The number of nitrogens with one attached hydrogen (secondary N) is 2. The van der Waals surface area contributed by atoms with Gasteiger partial charge in [-0.15, -0.1) is 0 Å². The molecule has 0 radical (unpaired) electrons. The Labute approximate surface area is 195 Å². The van der Waals surface area contributed by atoms with Crippen LogP contribution in [0.15, 0.2) is 65.6 Å². The van der Waals surface area contributed by atoms with Gasteiger partial charge in [0.2, 0.25) is 0 Å². The van der Waals surface area contributed by atoms with Crippen LogP contribution in [0.5, 0.6) is 0 Å². The summed E-state index contributed by atoms with van der Waals surface area (Å²) >= 11 is 0. The quantitative estimate of drug-likeness (QED) is 0.301. The highest BCUT2D eigenvalue weighted by molar-refractivity contribution is 7.92. The van der Waals surface area contributed by atoms with Gasteiger partial charge < -0.3 is 10.4 Å². The van der Waals surface area contributed by atoms with E-state index in [2.05, 4.69) is 10.0 Å². The Kier molecular flexibility index (Phi) is 7.13. The van der Waals surface area contributed by atoms with E-state index in [0.29, 0.717) is 16.8 Å². The highest BCUT2D eigenvalue weighted by Gasteiger charge is 2.23. The molecule has 0 aliphatic carbocycles. The lowest BCUT2D eigenvalue weighted by atomic mass is 10.1. The molecule has 0 saturated carbocycles. The third-order valence-electron chi connectivity index (χ3n) is 5.08. The maximum absolute atomic E-state index is 12.8. The topological polar surface area (TPSA) is 165 Å². The lowest BCUT2D eigenvalue weighted by molar-refractivity contribution is -0.384. The minimum atomic E-state index is -4.09. The molecule has 0 aliphatic rings. The Morgan fingerprint density at radius 1 is 0.912 bits per heavy atom. The molecule has 3 N–H and O–H groups in total. The lowest BCUT2D eigenvalue weighted by Crippen LogP contribution is -2.16. The van der Waals surface area contributed by atoms with Crippen molar-refractivity contribution in [1.29, 1.82) is 0 Å². The highest BCUT2D eigenvalue weighted by atomic mass is 32.2. The minimum Gasteiger partial charge on any atom is -0.387 e. The largest absolute Gasteiger partial charge is 0.387 e. The molecule has 0 amide bonds. The summed E-state index contributed by atoms with van der Waals surface area (Å²) in [5.41, 5.74) is 1.79. The zero-order valence-corrected chi connectivity index (χ0v) is 19.1. The van der Waals surface area contributed by atoms with Gasteiger partial charge in [-0.05, 0) is 55.3 Å². The van der Waals surface area contributed by atoms with Gasteiger partial charge in [0.1, 0.15) is 5.69 Å². The van der Waals surface area contributed by atoms with E-state index < -0.39 is 31.7 Å². The van der Waals surface area contributed by atoms with Crippen LogP contribution in [0.1, 0.15) is 22.8 Å². The summed E-state index contributed by atoms with van der Waals surface area (Å²) in [4.78, 5) is 20.8. The van der Waals surface area contributed by atoms with Crippen LogP contribution in [0.3, 0.4) is 0 Å². The van der Waals surface area contributed by atoms with Gasteiger partial charge >= 0.3 is 0 Å². The van der Waals surface area contributed by atoms with E-state index in [4.69, 9.17) is 0 Å². The number of aryl methyl sites for hydroxylation is 2. The number of sulfonamides is 1. The molecule has 0 saturated heterocycles. The van der Waals surface area contributed by atoms with Gasteiger partial charge in [-0.1, -0.05) is 17.7 Å². The zero-order chi connectivity index (χ0) is 25.0. The first-order chi connectivity index (χ1) is 16.0. The second-order valence-electron chi connectivity index (χ2n) is 7.61. The summed E-state index contributed by atoms with van der Waals surface area (Å²) < 4.78 is 28.1. The number of aliphatic hydroxyl groups excluding tert-OH is 1. The molecule has 178 valence electrons. The van der Waals surface area contributed by atoms with Crippen molar-refractivity contribution in [2.45, 2.75) is 24.8 Å². The fourth-order valence-corrected chi connectivity index (χ4v) is 4.40. The van der Waals surface area contributed by atoms with Crippen molar-refractivity contribution >= 4 is 32.8 Å². The van der Waals surface area contributed by atoms with Crippen LogP contribution in [0.2, 0.25) is 0 Å². The van der Waals surface area contributed by atoms with Gasteiger partial charge in [0, 0.05) is 24.7 Å². The van der Waals surface area contributed by atoms with E-state index in [9.17, 15) is 33.8 Å². The number of non-ortho nitro benzene ring substituents is 1. The number of nitro groups is 2. The molecular weight excluding hydrogens is 464 g/mol. The van der Waals surface area contributed by atoms with Gasteiger partial charge in [0.15, 0.2) is 0 Å². The van der Waals surface area contributed by atoms with Crippen molar-refractivity contribution in [3.8, 4) is 0 Å². The molecule has 12 heteroatoms. The number of nitrogens with zero attached hydrogens (tertiary/aromatic N) is 2. The molecule has 3 rings (SSSR count). The van der Waals surface area contributed by atoms with Crippen molar-refractivity contribution in [1.82, 2.24) is 0 Å². The van der Waals surface area contributed by atoms with Crippen molar-refractivity contribution in [3.05, 3.63) is 97.6 Å². The summed E-state index contributed by atoms with van der Waals surface area (Å²) in [7, 11) is -4.09. The third kappa shape index (κ3) is 5.66. The molecule has 0 spiro atoms. The molecule has 0 heterocycles. The van der Waals surface area contributed by atoms with Crippen LogP contribution in [0.25, 0.3) is 0 Å². The molecule has 0 fully saturated rings. The summed E-state index contributed by atoms with van der Waals surface area (Å²) in [6.07, 6.45) is -1.12. The molecule has 1 atom stereocenters. The fourth-order valence-electron chi connectivity index (χ4n) is 3.25. The first kappa shape index (κ1) is 24.6. The predicted molar refractivity (Wildman–Crippen MR) is 126 cm³/mol. The Morgan fingerprint density at radius 3 is 2.15 bits per heavy atom. The van der Waals surface area contributed by atoms with Crippen molar-refractivity contribution in [3.63, 3.8) is 0 Å². The maximum atomic E-state index is 12.8. The van der Waals surface area contributed by atoms with E-state index in [1.54, 1.807) is 19.1 Å². The van der Waals surface area contributed by atoms with Crippen molar-refractivity contribution in [2.75, 3.05) is 16.6 Å². The van der Waals surface area contributed by atoms with E-state index >= 15 is 0 Å². The highest BCUT2D eigenvalue weighted by Crippen LogP contribution is 2.30. The minimum absolute atomic E-state index is 0.0106. The standard InChI is InChI=1S/C22H22N4O7S/c1-14-3-9-19(15(2)11-14)24-34(32,33)18-8-10-20(21(12-18)26(30)31)23-13-22(27)16-4-6-17(7-5-16)25(28)29/h3-12,22-24,27H,13H2,1-2H3. The molecule has 3 aromatic carbocycles. The van der Waals surface area contributed by atoms with Crippen LogP contribution in [-0.4, -0.2) is 29.9 Å². The van der Waals surface area contributed by atoms with Gasteiger partial charge in [-0.3, -0.25) is 25.0 Å². The molecule has 34 heavy (non-hydrogen) atoms. The number of hydrogen-bond donors (Lipinski definition) is 3. The molecule has 1 unspecified atom stereocenters. The van der Waals surface area contributed by atoms with Crippen LogP contribution < -0.4 is 10.0 Å². The van der Waals surface area contributed by atoms with E-state index in [-0.39, 0.29) is 22.8 Å². The second-order valence-corrected chi connectivity index (χ2v) is 9.29. The number of anilines is 2. The smallest absolute Gasteiger partial charge is 0.293 e. The van der Waals surface area contributed by atoms with E-state index in [0.717, 1.165) is 11.6 Å². The molecule has 0 aromatic heterocycles. The normalized spacial score (nSPS) is 12.1. The number of aliphatic hydroxyl groups is 1. The molecule has 11 nitrogen and oxygen atoms in total. The average molecular weight is 487 g/mol. The average Bonchev–Trinajstić information content (AvgIpc) is 2.79. The van der Waals surface area contributed by atoms with E-state index in [1.807, 2.05) is 13.0 Å². The van der Waals surface area contributed by atoms with Crippen LogP contribution in [0.4, 0.5) is 22.7 Å². The first-order valence-electron chi connectivity index (χ1n) is 10.0. The van der Waals surface area contributed by atoms with Gasteiger partial charge in [-0.25, -0.2) is 8.42 Å². The Hall–Kier alpha value is -4.03. The summed E-state index contributed by atoms with van der Waals surface area (Å²) in [6, 6.07) is 13.8.